The second-order valence-corrected chi connectivity index (χ2v) is 3.69. The summed E-state index contributed by atoms with van der Waals surface area (Å²) in [5.41, 5.74) is 1.37. The van der Waals surface area contributed by atoms with Crippen molar-refractivity contribution in [2.24, 2.45) is 0 Å². The third kappa shape index (κ3) is 3.83. The van der Waals surface area contributed by atoms with E-state index < -0.39 is 0 Å². The summed E-state index contributed by atoms with van der Waals surface area (Å²) in [7, 11) is 3.23. The highest BCUT2D eigenvalue weighted by Gasteiger charge is 2.18. The Bertz CT molecular complexity index is 343. The first kappa shape index (κ1) is 13.7. The van der Waals surface area contributed by atoms with E-state index in [1.807, 2.05) is 6.92 Å². The first-order chi connectivity index (χ1) is 8.20. The smallest absolute Gasteiger partial charge is 0.257 e. The lowest BCUT2D eigenvalue weighted by Gasteiger charge is -2.21. The largest absolute Gasteiger partial charge is 0.383 e. The van der Waals surface area contributed by atoms with Crippen molar-refractivity contribution in [1.29, 1.82) is 0 Å². The number of aromatic nitrogens is 2. The fourth-order valence-corrected chi connectivity index (χ4v) is 1.45. The minimum Gasteiger partial charge on any atom is -0.383 e. The molecule has 1 heterocycles. The van der Waals surface area contributed by atoms with Crippen LogP contribution in [0.5, 0.6) is 0 Å². The van der Waals surface area contributed by atoms with Crippen LogP contribution in [0.25, 0.3) is 0 Å². The topological polar surface area (TPSA) is 67.5 Å². The molecule has 0 atom stereocenters. The van der Waals surface area contributed by atoms with Gasteiger partial charge in [-0.3, -0.25) is 9.89 Å². The average Bonchev–Trinajstić information content (AvgIpc) is 2.75. The zero-order valence-electron chi connectivity index (χ0n) is 10.5. The monoisotopic (exact) mass is 241 g/mol. The van der Waals surface area contributed by atoms with Gasteiger partial charge in [-0.05, 0) is 6.92 Å². The van der Waals surface area contributed by atoms with Gasteiger partial charge in [0.15, 0.2) is 0 Å². The summed E-state index contributed by atoms with van der Waals surface area (Å²) in [6, 6.07) is 0. The molecule has 6 heteroatoms. The average molecular weight is 241 g/mol. The molecule has 0 fully saturated rings. The van der Waals surface area contributed by atoms with Gasteiger partial charge in [0.25, 0.3) is 5.91 Å². The molecule has 0 unspecified atom stereocenters. The van der Waals surface area contributed by atoms with Crippen molar-refractivity contribution in [3.8, 4) is 0 Å². The molecular weight excluding hydrogens is 222 g/mol. The van der Waals surface area contributed by atoms with E-state index in [9.17, 15) is 4.79 Å². The van der Waals surface area contributed by atoms with Crippen molar-refractivity contribution in [3.05, 3.63) is 17.5 Å². The number of amides is 1. The van der Waals surface area contributed by atoms with Crippen molar-refractivity contribution in [1.82, 2.24) is 15.1 Å². The van der Waals surface area contributed by atoms with Crippen LogP contribution in [0.15, 0.2) is 6.20 Å². The lowest BCUT2D eigenvalue weighted by atomic mass is 10.2. The Morgan fingerprint density at radius 3 is 2.35 bits per heavy atom. The second-order valence-electron chi connectivity index (χ2n) is 3.69. The van der Waals surface area contributed by atoms with Crippen LogP contribution in [0.4, 0.5) is 0 Å². The predicted octanol–water partition coefficient (Wildman–Crippen LogP) is 0.453. The Morgan fingerprint density at radius 2 is 1.94 bits per heavy atom. The normalized spacial score (nSPS) is 10.5. The van der Waals surface area contributed by atoms with Gasteiger partial charge in [-0.2, -0.15) is 5.10 Å². The van der Waals surface area contributed by atoms with Crippen molar-refractivity contribution in [2.75, 3.05) is 40.5 Å². The third-order valence-corrected chi connectivity index (χ3v) is 2.48. The minimum absolute atomic E-state index is 0.0506. The Balaban J connectivity index is 2.68. The number of ether oxygens (including phenoxy) is 2. The highest BCUT2D eigenvalue weighted by molar-refractivity contribution is 5.95. The Labute approximate surface area is 101 Å². The third-order valence-electron chi connectivity index (χ3n) is 2.48. The molecule has 0 aromatic carbocycles. The van der Waals surface area contributed by atoms with E-state index in [2.05, 4.69) is 10.2 Å². The number of aromatic amines is 1. The number of methoxy groups -OCH3 is 2. The molecule has 0 saturated heterocycles. The molecule has 17 heavy (non-hydrogen) atoms. The molecule has 0 radical (unpaired) electrons. The molecule has 1 rings (SSSR count). The molecule has 1 aromatic rings. The number of nitrogens with one attached hydrogen (secondary N) is 1. The molecule has 6 nitrogen and oxygen atoms in total. The molecular formula is C11H19N3O3. The van der Waals surface area contributed by atoms with E-state index in [-0.39, 0.29) is 5.91 Å². The van der Waals surface area contributed by atoms with E-state index in [4.69, 9.17) is 9.47 Å². The van der Waals surface area contributed by atoms with Crippen LogP contribution < -0.4 is 0 Å². The molecule has 96 valence electrons. The number of carbonyl (C=O) groups is 1. The Hall–Kier alpha value is -1.40. The fraction of sp³-hybridized carbons (Fsp3) is 0.636. The lowest BCUT2D eigenvalue weighted by molar-refractivity contribution is 0.0626. The van der Waals surface area contributed by atoms with Gasteiger partial charge >= 0.3 is 0 Å². The molecule has 1 aromatic heterocycles. The second kappa shape index (κ2) is 7.03. The maximum atomic E-state index is 12.2. The minimum atomic E-state index is -0.0506. The van der Waals surface area contributed by atoms with Crippen molar-refractivity contribution in [3.63, 3.8) is 0 Å². The summed E-state index contributed by atoms with van der Waals surface area (Å²) in [5, 5.41) is 6.61. The number of carbonyl (C=O) groups excluding carboxylic acids is 1. The lowest BCUT2D eigenvalue weighted by Crippen LogP contribution is -2.36. The summed E-state index contributed by atoms with van der Waals surface area (Å²) >= 11 is 0. The van der Waals surface area contributed by atoms with Crippen LogP contribution in [0.3, 0.4) is 0 Å². The van der Waals surface area contributed by atoms with Crippen LogP contribution in [-0.2, 0) is 9.47 Å². The van der Waals surface area contributed by atoms with Gasteiger partial charge < -0.3 is 14.4 Å². The Morgan fingerprint density at radius 1 is 1.35 bits per heavy atom. The highest BCUT2D eigenvalue weighted by Crippen LogP contribution is 2.07. The SMILES string of the molecule is COCCN(CCOC)C(=O)c1cn[nH]c1C. The van der Waals surface area contributed by atoms with Gasteiger partial charge in [0, 0.05) is 33.0 Å². The van der Waals surface area contributed by atoms with Gasteiger partial charge in [-0.1, -0.05) is 0 Å². The van der Waals surface area contributed by atoms with Gasteiger partial charge in [-0.15, -0.1) is 0 Å². The number of nitrogens with zero attached hydrogens (tertiary/aromatic N) is 2. The summed E-state index contributed by atoms with van der Waals surface area (Å²) in [6.45, 7) is 3.93. The molecule has 0 saturated carbocycles. The van der Waals surface area contributed by atoms with E-state index >= 15 is 0 Å². The van der Waals surface area contributed by atoms with Crippen molar-refractivity contribution >= 4 is 5.91 Å². The van der Waals surface area contributed by atoms with Gasteiger partial charge in [0.05, 0.1) is 25.0 Å². The fourth-order valence-electron chi connectivity index (χ4n) is 1.45. The molecule has 0 aliphatic heterocycles. The highest BCUT2D eigenvalue weighted by atomic mass is 16.5. The van der Waals surface area contributed by atoms with E-state index in [1.54, 1.807) is 25.3 Å². The molecule has 0 bridgehead atoms. The van der Waals surface area contributed by atoms with Crippen molar-refractivity contribution < 1.29 is 14.3 Å². The summed E-state index contributed by atoms with van der Waals surface area (Å²) in [4.78, 5) is 13.9. The molecule has 1 N–H and O–H groups in total. The van der Waals surface area contributed by atoms with E-state index in [1.165, 1.54) is 0 Å². The standard InChI is InChI=1S/C11H19N3O3/c1-9-10(8-12-13-9)11(15)14(4-6-16-2)5-7-17-3/h8H,4-7H2,1-3H3,(H,12,13). The van der Waals surface area contributed by atoms with Crippen LogP contribution in [0.1, 0.15) is 16.1 Å². The summed E-state index contributed by atoms with van der Waals surface area (Å²) < 4.78 is 9.98. The van der Waals surface area contributed by atoms with Crippen LogP contribution in [-0.4, -0.2) is 61.5 Å². The zero-order valence-corrected chi connectivity index (χ0v) is 10.5. The number of aryl methyl sites for hydroxylation is 1. The molecule has 0 aliphatic carbocycles. The number of hydrogen-bond donors (Lipinski definition) is 1. The molecule has 0 aliphatic rings. The maximum Gasteiger partial charge on any atom is 0.257 e. The zero-order chi connectivity index (χ0) is 12.7. The number of hydrogen-bond acceptors (Lipinski definition) is 4. The maximum absolute atomic E-state index is 12.2. The summed E-state index contributed by atoms with van der Waals surface area (Å²) in [5.74, 6) is -0.0506. The molecule has 0 spiro atoms. The number of H-pyrrole nitrogens is 1. The first-order valence-corrected chi connectivity index (χ1v) is 5.47. The summed E-state index contributed by atoms with van der Waals surface area (Å²) in [6.07, 6.45) is 1.55. The quantitative estimate of drug-likeness (QED) is 0.752. The Kier molecular flexibility index (Phi) is 5.65. The predicted molar refractivity (Wildman–Crippen MR) is 63.0 cm³/mol. The molecule has 1 amide bonds. The van der Waals surface area contributed by atoms with Crippen LogP contribution in [0, 0.1) is 6.92 Å². The van der Waals surface area contributed by atoms with Crippen LogP contribution >= 0.6 is 0 Å². The van der Waals surface area contributed by atoms with Gasteiger partial charge in [0.1, 0.15) is 0 Å². The van der Waals surface area contributed by atoms with Crippen molar-refractivity contribution in [2.45, 2.75) is 6.92 Å². The number of rotatable bonds is 7. The van der Waals surface area contributed by atoms with E-state index in [0.717, 1.165) is 5.69 Å². The van der Waals surface area contributed by atoms with Gasteiger partial charge in [-0.25, -0.2) is 0 Å². The van der Waals surface area contributed by atoms with Crippen LogP contribution in [0.2, 0.25) is 0 Å². The van der Waals surface area contributed by atoms with Gasteiger partial charge in [0.2, 0.25) is 0 Å². The first-order valence-electron chi connectivity index (χ1n) is 5.47. The van der Waals surface area contributed by atoms with E-state index in [0.29, 0.717) is 31.9 Å².